The maximum absolute atomic E-state index is 13.6. The highest BCUT2D eigenvalue weighted by atomic mass is 35.5. The molecule has 6 heteroatoms. The number of carboxylic acids is 1. The number of hydrogen-bond acceptors (Lipinski definition) is 3. The Balaban J connectivity index is 2.15. The van der Waals surface area contributed by atoms with Crippen LogP contribution >= 0.6 is 11.6 Å². The number of halogens is 2. The molecule has 0 bridgehead atoms. The van der Waals surface area contributed by atoms with Gasteiger partial charge in [0.15, 0.2) is 0 Å². The van der Waals surface area contributed by atoms with Crippen molar-refractivity contribution in [1.29, 1.82) is 0 Å². The van der Waals surface area contributed by atoms with Crippen LogP contribution in [-0.4, -0.2) is 41.8 Å². The van der Waals surface area contributed by atoms with Crippen LogP contribution in [0.15, 0.2) is 18.2 Å². The highest BCUT2D eigenvalue weighted by molar-refractivity contribution is 6.30. The van der Waals surface area contributed by atoms with Crippen molar-refractivity contribution in [3.63, 3.8) is 0 Å². The molecule has 1 fully saturated rings. The number of carbonyl (C=O) groups is 1. The van der Waals surface area contributed by atoms with Crippen LogP contribution < -0.4 is 0 Å². The Morgan fingerprint density at radius 3 is 3.11 bits per heavy atom. The first-order chi connectivity index (χ1) is 8.58. The molecule has 0 aromatic heterocycles. The summed E-state index contributed by atoms with van der Waals surface area (Å²) >= 11 is 5.81. The lowest BCUT2D eigenvalue weighted by Gasteiger charge is -2.32. The monoisotopic (exact) mass is 273 g/mol. The van der Waals surface area contributed by atoms with E-state index in [0.29, 0.717) is 23.7 Å². The summed E-state index contributed by atoms with van der Waals surface area (Å²) in [4.78, 5) is 12.7. The molecule has 1 aromatic rings. The summed E-state index contributed by atoms with van der Waals surface area (Å²) in [6.45, 7) is 1.25. The fraction of sp³-hybridized carbons (Fsp3) is 0.417. The minimum Gasteiger partial charge on any atom is -0.480 e. The van der Waals surface area contributed by atoms with E-state index in [-0.39, 0.29) is 19.0 Å². The van der Waals surface area contributed by atoms with E-state index in [9.17, 15) is 9.18 Å². The normalized spacial score (nSPS) is 20.9. The van der Waals surface area contributed by atoms with Gasteiger partial charge in [0.2, 0.25) is 0 Å². The summed E-state index contributed by atoms with van der Waals surface area (Å²) in [6, 6.07) is 3.53. The van der Waals surface area contributed by atoms with Gasteiger partial charge in [-0.15, -0.1) is 0 Å². The Bertz CT molecular complexity index is 455. The largest absolute Gasteiger partial charge is 0.480 e. The molecular weight excluding hydrogens is 261 g/mol. The van der Waals surface area contributed by atoms with Crippen LogP contribution in [0.2, 0.25) is 5.02 Å². The van der Waals surface area contributed by atoms with Gasteiger partial charge in [-0.2, -0.15) is 0 Å². The average molecular weight is 274 g/mol. The molecule has 1 atom stereocenters. The van der Waals surface area contributed by atoms with Gasteiger partial charge in [-0.05, 0) is 18.2 Å². The minimum absolute atomic E-state index is 0.123. The lowest BCUT2D eigenvalue weighted by molar-refractivity contribution is -0.150. The number of hydrogen-bond donors (Lipinski definition) is 1. The molecule has 0 radical (unpaired) electrons. The second kappa shape index (κ2) is 5.65. The quantitative estimate of drug-likeness (QED) is 0.912. The molecule has 1 saturated heterocycles. The van der Waals surface area contributed by atoms with Crippen molar-refractivity contribution < 1.29 is 19.0 Å². The SMILES string of the molecule is O=C(O)C1COCCN1Cc1cc(Cl)ccc1F. The van der Waals surface area contributed by atoms with E-state index in [1.54, 1.807) is 4.90 Å². The van der Waals surface area contributed by atoms with Crippen LogP contribution in [0.3, 0.4) is 0 Å². The van der Waals surface area contributed by atoms with Crippen molar-refractivity contribution in [3.05, 3.63) is 34.6 Å². The van der Waals surface area contributed by atoms with Crippen LogP contribution in [0, 0.1) is 5.82 Å². The second-order valence-corrected chi connectivity index (χ2v) is 4.57. The molecule has 1 unspecified atom stereocenters. The molecular formula is C12H13ClFNO3. The van der Waals surface area contributed by atoms with Gasteiger partial charge in [0, 0.05) is 23.7 Å². The van der Waals surface area contributed by atoms with Gasteiger partial charge in [0.05, 0.1) is 13.2 Å². The van der Waals surface area contributed by atoms with E-state index in [1.807, 2.05) is 0 Å². The highest BCUT2D eigenvalue weighted by Crippen LogP contribution is 2.19. The topological polar surface area (TPSA) is 49.8 Å². The number of rotatable bonds is 3. The van der Waals surface area contributed by atoms with Crippen LogP contribution in [0.1, 0.15) is 5.56 Å². The first-order valence-corrected chi connectivity index (χ1v) is 5.94. The predicted octanol–water partition coefficient (Wildman–Crippen LogP) is 1.76. The smallest absolute Gasteiger partial charge is 0.323 e. The number of morpholine rings is 1. The van der Waals surface area contributed by atoms with Crippen molar-refractivity contribution in [2.24, 2.45) is 0 Å². The number of ether oxygens (including phenoxy) is 1. The fourth-order valence-corrected chi connectivity index (χ4v) is 2.13. The molecule has 4 nitrogen and oxygen atoms in total. The molecule has 0 spiro atoms. The molecule has 0 aliphatic carbocycles. The van der Waals surface area contributed by atoms with E-state index in [1.165, 1.54) is 18.2 Å². The van der Waals surface area contributed by atoms with E-state index < -0.39 is 12.0 Å². The standard InChI is InChI=1S/C12H13ClFNO3/c13-9-1-2-10(14)8(5-9)6-15-3-4-18-7-11(15)12(16)17/h1-2,5,11H,3-4,6-7H2,(H,16,17). The van der Waals surface area contributed by atoms with Gasteiger partial charge < -0.3 is 9.84 Å². The van der Waals surface area contributed by atoms with Crippen molar-refractivity contribution >= 4 is 17.6 Å². The summed E-state index contributed by atoms with van der Waals surface area (Å²) in [5.74, 6) is -1.34. The molecule has 1 aromatic carbocycles. The fourth-order valence-electron chi connectivity index (χ4n) is 1.94. The van der Waals surface area contributed by atoms with E-state index in [2.05, 4.69) is 0 Å². The minimum atomic E-state index is -0.961. The maximum atomic E-state index is 13.6. The molecule has 2 rings (SSSR count). The summed E-state index contributed by atoms with van der Waals surface area (Å²) in [5.41, 5.74) is 0.399. The van der Waals surface area contributed by atoms with Gasteiger partial charge in [0.1, 0.15) is 11.9 Å². The number of carboxylic acid groups (broad SMARTS) is 1. The third kappa shape index (κ3) is 2.98. The molecule has 1 aliphatic rings. The lowest BCUT2D eigenvalue weighted by atomic mass is 10.1. The first-order valence-electron chi connectivity index (χ1n) is 5.56. The van der Waals surface area contributed by atoms with E-state index >= 15 is 0 Å². The zero-order chi connectivity index (χ0) is 13.1. The lowest BCUT2D eigenvalue weighted by Crippen LogP contribution is -2.49. The van der Waals surface area contributed by atoms with Crippen LogP contribution in [0.5, 0.6) is 0 Å². The number of aliphatic carboxylic acids is 1. The van der Waals surface area contributed by atoms with Gasteiger partial charge in [0.25, 0.3) is 0 Å². The molecule has 18 heavy (non-hydrogen) atoms. The number of benzene rings is 1. The van der Waals surface area contributed by atoms with Crippen LogP contribution in [0.4, 0.5) is 4.39 Å². The summed E-state index contributed by atoms with van der Waals surface area (Å²) < 4.78 is 18.7. The van der Waals surface area contributed by atoms with Gasteiger partial charge in [-0.25, -0.2) is 4.39 Å². The zero-order valence-electron chi connectivity index (χ0n) is 9.60. The molecule has 0 saturated carbocycles. The van der Waals surface area contributed by atoms with Crippen molar-refractivity contribution in [2.75, 3.05) is 19.8 Å². The van der Waals surface area contributed by atoms with Crippen molar-refractivity contribution in [3.8, 4) is 0 Å². The Morgan fingerprint density at radius 1 is 1.61 bits per heavy atom. The molecule has 1 N–H and O–H groups in total. The van der Waals surface area contributed by atoms with E-state index in [0.717, 1.165) is 0 Å². The first kappa shape index (κ1) is 13.3. The molecule has 1 aliphatic heterocycles. The molecule has 1 heterocycles. The maximum Gasteiger partial charge on any atom is 0.323 e. The number of nitrogens with zero attached hydrogens (tertiary/aromatic N) is 1. The highest BCUT2D eigenvalue weighted by Gasteiger charge is 2.29. The van der Waals surface area contributed by atoms with E-state index in [4.69, 9.17) is 21.4 Å². The third-order valence-electron chi connectivity index (χ3n) is 2.91. The van der Waals surface area contributed by atoms with Crippen LogP contribution in [-0.2, 0) is 16.1 Å². The Labute approximate surface area is 109 Å². The zero-order valence-corrected chi connectivity index (χ0v) is 10.4. The Hall–Kier alpha value is -1.17. The Morgan fingerprint density at radius 2 is 2.39 bits per heavy atom. The summed E-state index contributed by atoms with van der Waals surface area (Å²) in [5, 5.41) is 9.51. The van der Waals surface area contributed by atoms with Gasteiger partial charge in [-0.3, -0.25) is 9.69 Å². The summed E-state index contributed by atoms with van der Waals surface area (Å²) in [6.07, 6.45) is 0. The van der Waals surface area contributed by atoms with Gasteiger partial charge in [-0.1, -0.05) is 11.6 Å². The summed E-state index contributed by atoms with van der Waals surface area (Å²) in [7, 11) is 0. The van der Waals surface area contributed by atoms with Crippen molar-refractivity contribution in [1.82, 2.24) is 4.90 Å². The molecule has 0 amide bonds. The van der Waals surface area contributed by atoms with Crippen LogP contribution in [0.25, 0.3) is 0 Å². The Kier molecular flexibility index (Phi) is 4.16. The molecule has 98 valence electrons. The van der Waals surface area contributed by atoms with Gasteiger partial charge >= 0.3 is 5.97 Å². The third-order valence-corrected chi connectivity index (χ3v) is 3.14. The predicted molar refractivity (Wildman–Crippen MR) is 64.1 cm³/mol. The average Bonchev–Trinajstić information content (AvgIpc) is 2.34. The van der Waals surface area contributed by atoms with Crippen molar-refractivity contribution in [2.45, 2.75) is 12.6 Å². The second-order valence-electron chi connectivity index (χ2n) is 4.14.